The van der Waals surface area contributed by atoms with E-state index in [2.05, 4.69) is 6.92 Å². The summed E-state index contributed by atoms with van der Waals surface area (Å²) in [6.45, 7) is 2.23. The predicted molar refractivity (Wildman–Crippen MR) is 63.8 cm³/mol. The highest BCUT2D eigenvalue weighted by Gasteiger charge is 2.22. The number of rotatable bonds is 7. The van der Waals surface area contributed by atoms with Crippen molar-refractivity contribution >= 4 is 5.97 Å². The van der Waals surface area contributed by atoms with E-state index in [1.54, 1.807) is 0 Å². The molecule has 94 valence electrons. The molecule has 1 aliphatic carbocycles. The monoisotopic (exact) mass is 225 g/mol. The van der Waals surface area contributed by atoms with E-state index < -0.39 is 5.97 Å². The molecule has 0 N–H and O–H groups in total. The minimum atomic E-state index is -0.823. The predicted octanol–water partition coefficient (Wildman–Crippen LogP) is 2.90. The number of carbonyl (C=O) groups excluding carboxylic acids is 1. The second-order valence-electron chi connectivity index (χ2n) is 5.25. The molecular formula is C14H25O2-. The van der Waals surface area contributed by atoms with Crippen molar-refractivity contribution in [3.63, 3.8) is 0 Å². The summed E-state index contributed by atoms with van der Waals surface area (Å²) in [5.41, 5.74) is 0. The van der Waals surface area contributed by atoms with Crippen molar-refractivity contribution in [3.8, 4) is 0 Å². The van der Waals surface area contributed by atoms with Gasteiger partial charge in [0.05, 0.1) is 0 Å². The summed E-state index contributed by atoms with van der Waals surface area (Å²) in [6.07, 6.45) is 11.8. The lowest BCUT2D eigenvalue weighted by Gasteiger charge is -2.29. The van der Waals surface area contributed by atoms with Crippen LogP contribution in [-0.4, -0.2) is 5.97 Å². The van der Waals surface area contributed by atoms with E-state index in [-0.39, 0.29) is 5.92 Å². The van der Waals surface area contributed by atoms with Gasteiger partial charge in [0.1, 0.15) is 0 Å². The number of hydrogen-bond acceptors (Lipinski definition) is 2. The lowest BCUT2D eigenvalue weighted by molar-refractivity contribution is -0.312. The van der Waals surface area contributed by atoms with Gasteiger partial charge in [-0.05, 0) is 24.7 Å². The molecule has 0 aromatic rings. The van der Waals surface area contributed by atoms with E-state index >= 15 is 0 Å². The molecule has 2 atom stereocenters. The van der Waals surface area contributed by atoms with Crippen molar-refractivity contribution in [2.75, 3.05) is 0 Å². The van der Waals surface area contributed by atoms with Gasteiger partial charge in [0.15, 0.2) is 0 Å². The molecule has 1 saturated carbocycles. The fourth-order valence-electron chi connectivity index (χ4n) is 2.80. The normalized spacial score (nSPS) is 25.6. The highest BCUT2D eigenvalue weighted by atomic mass is 16.4. The highest BCUT2D eigenvalue weighted by molar-refractivity contribution is 5.67. The molecule has 2 unspecified atom stereocenters. The number of carboxylic acids is 1. The molecule has 0 radical (unpaired) electrons. The van der Waals surface area contributed by atoms with E-state index in [4.69, 9.17) is 0 Å². The Morgan fingerprint density at radius 2 is 1.94 bits per heavy atom. The topological polar surface area (TPSA) is 40.1 Å². The maximum Gasteiger partial charge on any atom is 0.0445 e. The number of carbonyl (C=O) groups is 1. The lowest BCUT2D eigenvalue weighted by Crippen LogP contribution is -2.34. The van der Waals surface area contributed by atoms with Crippen molar-refractivity contribution in [1.82, 2.24) is 0 Å². The summed E-state index contributed by atoms with van der Waals surface area (Å²) in [7, 11) is 0. The van der Waals surface area contributed by atoms with Crippen LogP contribution >= 0.6 is 0 Å². The Hall–Kier alpha value is -0.530. The standard InChI is InChI=1S/C14H26O2/c1-2-3-4-5-6-8-12-9-7-10-13(11-12)14(15)16/h12-13H,2-11H2,1H3,(H,15,16)/p-1. The molecule has 0 saturated heterocycles. The Balaban J connectivity index is 2.10. The van der Waals surface area contributed by atoms with E-state index in [0.717, 1.165) is 19.3 Å². The molecule has 0 amide bonds. The van der Waals surface area contributed by atoms with E-state index in [1.165, 1.54) is 44.9 Å². The van der Waals surface area contributed by atoms with Crippen molar-refractivity contribution in [1.29, 1.82) is 0 Å². The highest BCUT2D eigenvalue weighted by Crippen LogP contribution is 2.32. The Labute approximate surface area is 99.4 Å². The zero-order valence-corrected chi connectivity index (χ0v) is 10.5. The van der Waals surface area contributed by atoms with Gasteiger partial charge in [0.25, 0.3) is 0 Å². The summed E-state index contributed by atoms with van der Waals surface area (Å²) in [5, 5.41) is 10.8. The van der Waals surface area contributed by atoms with Gasteiger partial charge >= 0.3 is 0 Å². The van der Waals surface area contributed by atoms with Crippen molar-refractivity contribution < 1.29 is 9.90 Å². The quantitative estimate of drug-likeness (QED) is 0.625. The van der Waals surface area contributed by atoms with Crippen LogP contribution in [0.2, 0.25) is 0 Å². The molecule has 0 heterocycles. The molecule has 1 aliphatic rings. The smallest absolute Gasteiger partial charge is 0.0445 e. The second kappa shape index (κ2) is 7.70. The van der Waals surface area contributed by atoms with Crippen LogP contribution in [0.3, 0.4) is 0 Å². The van der Waals surface area contributed by atoms with Gasteiger partial charge in [-0.3, -0.25) is 0 Å². The fourth-order valence-corrected chi connectivity index (χ4v) is 2.80. The summed E-state index contributed by atoms with van der Waals surface area (Å²) in [6, 6.07) is 0. The molecule has 0 bridgehead atoms. The maximum atomic E-state index is 10.8. The maximum absolute atomic E-state index is 10.8. The van der Waals surface area contributed by atoms with Crippen LogP contribution in [0.5, 0.6) is 0 Å². The summed E-state index contributed by atoms with van der Waals surface area (Å²) in [5.74, 6) is -0.330. The first kappa shape index (κ1) is 13.5. The van der Waals surface area contributed by atoms with Crippen LogP contribution in [0, 0.1) is 11.8 Å². The minimum Gasteiger partial charge on any atom is -0.550 e. The van der Waals surface area contributed by atoms with E-state index in [9.17, 15) is 9.90 Å². The molecule has 1 fully saturated rings. The number of carboxylic acid groups (broad SMARTS) is 1. The number of unbranched alkanes of at least 4 members (excludes halogenated alkanes) is 4. The number of aliphatic carboxylic acids is 1. The largest absolute Gasteiger partial charge is 0.550 e. The van der Waals surface area contributed by atoms with Gasteiger partial charge in [-0.25, -0.2) is 0 Å². The molecule has 0 aliphatic heterocycles. The molecule has 1 rings (SSSR count). The van der Waals surface area contributed by atoms with E-state index in [0.29, 0.717) is 5.92 Å². The lowest BCUT2D eigenvalue weighted by atomic mass is 9.79. The van der Waals surface area contributed by atoms with Gasteiger partial charge in [0.2, 0.25) is 0 Å². The SMILES string of the molecule is CCCCCCCC1CCCC(C(=O)[O-])C1. The van der Waals surface area contributed by atoms with Gasteiger partial charge in [-0.15, -0.1) is 0 Å². The zero-order chi connectivity index (χ0) is 11.8. The molecule has 2 heteroatoms. The van der Waals surface area contributed by atoms with Crippen molar-refractivity contribution in [3.05, 3.63) is 0 Å². The third kappa shape index (κ3) is 5.00. The first-order valence-corrected chi connectivity index (χ1v) is 6.95. The first-order chi connectivity index (χ1) is 7.74. The van der Waals surface area contributed by atoms with Crippen LogP contribution in [0.25, 0.3) is 0 Å². The van der Waals surface area contributed by atoms with E-state index in [1.807, 2.05) is 0 Å². The molecule has 0 aromatic carbocycles. The molecule has 16 heavy (non-hydrogen) atoms. The third-order valence-corrected chi connectivity index (χ3v) is 3.83. The van der Waals surface area contributed by atoms with Crippen LogP contribution in [0.1, 0.15) is 71.1 Å². The van der Waals surface area contributed by atoms with Crippen LogP contribution in [0.15, 0.2) is 0 Å². The average Bonchev–Trinajstić information content (AvgIpc) is 2.29. The Kier molecular flexibility index (Phi) is 6.51. The van der Waals surface area contributed by atoms with Crippen LogP contribution < -0.4 is 5.11 Å². The molecule has 0 aromatic heterocycles. The summed E-state index contributed by atoms with van der Waals surface area (Å²) < 4.78 is 0. The van der Waals surface area contributed by atoms with Crippen molar-refractivity contribution in [2.24, 2.45) is 11.8 Å². The minimum absolute atomic E-state index is 0.158. The average molecular weight is 225 g/mol. The molecule has 0 spiro atoms. The zero-order valence-electron chi connectivity index (χ0n) is 10.5. The Morgan fingerprint density at radius 1 is 1.19 bits per heavy atom. The second-order valence-corrected chi connectivity index (χ2v) is 5.25. The van der Waals surface area contributed by atoms with Gasteiger partial charge in [-0.2, -0.15) is 0 Å². The van der Waals surface area contributed by atoms with Gasteiger partial charge < -0.3 is 9.90 Å². The van der Waals surface area contributed by atoms with Crippen molar-refractivity contribution in [2.45, 2.75) is 71.1 Å². The van der Waals surface area contributed by atoms with Gasteiger partial charge in [0, 0.05) is 5.97 Å². The Bertz CT molecular complexity index is 201. The van der Waals surface area contributed by atoms with Crippen LogP contribution in [-0.2, 0) is 4.79 Å². The van der Waals surface area contributed by atoms with Crippen LogP contribution in [0.4, 0.5) is 0 Å². The first-order valence-electron chi connectivity index (χ1n) is 6.95. The summed E-state index contributed by atoms with van der Waals surface area (Å²) in [4.78, 5) is 10.8. The molecular weight excluding hydrogens is 200 g/mol. The van der Waals surface area contributed by atoms with Gasteiger partial charge in [-0.1, -0.05) is 58.3 Å². The summed E-state index contributed by atoms with van der Waals surface area (Å²) >= 11 is 0. The molecule has 2 nitrogen and oxygen atoms in total. The third-order valence-electron chi connectivity index (χ3n) is 3.83. The Morgan fingerprint density at radius 3 is 2.62 bits per heavy atom. The number of hydrogen-bond donors (Lipinski definition) is 0. The fraction of sp³-hybridized carbons (Fsp3) is 0.929.